The molecule has 0 fully saturated rings. The van der Waals surface area contributed by atoms with Crippen LogP contribution in [0.5, 0.6) is 5.75 Å². The van der Waals surface area contributed by atoms with Crippen LogP contribution in [0, 0.1) is 11.3 Å². The van der Waals surface area contributed by atoms with Crippen LogP contribution >= 0.6 is 0 Å². The lowest BCUT2D eigenvalue weighted by atomic mass is 10.2. The van der Waals surface area contributed by atoms with Crippen LogP contribution in [0.3, 0.4) is 0 Å². The number of ether oxygens (including phenoxy) is 1. The van der Waals surface area contributed by atoms with Crippen molar-refractivity contribution in [1.82, 2.24) is 0 Å². The van der Waals surface area contributed by atoms with Gasteiger partial charge in [0.15, 0.2) is 0 Å². The number of methoxy groups -OCH3 is 1. The normalized spacial score (nSPS) is 15.3. The predicted octanol–water partition coefficient (Wildman–Crippen LogP) is 3.08. The molecule has 1 aromatic rings. The molecular formula is C14H14N2O. The highest BCUT2D eigenvalue weighted by Crippen LogP contribution is 2.26. The van der Waals surface area contributed by atoms with Gasteiger partial charge in [-0.05, 0) is 31.4 Å². The van der Waals surface area contributed by atoms with Gasteiger partial charge in [-0.1, -0.05) is 12.1 Å². The molecule has 0 amide bonds. The summed E-state index contributed by atoms with van der Waals surface area (Å²) in [5.41, 5.74) is 2.67. The second-order valence-corrected chi connectivity index (χ2v) is 3.89. The minimum atomic E-state index is 0.799. The number of nitrogens with zero attached hydrogens (tertiary/aromatic N) is 2. The average molecular weight is 226 g/mol. The van der Waals surface area contributed by atoms with Crippen molar-refractivity contribution in [3.8, 4) is 11.8 Å². The first-order valence-corrected chi connectivity index (χ1v) is 5.64. The summed E-state index contributed by atoms with van der Waals surface area (Å²) in [6.07, 6.45) is 4.56. The van der Waals surface area contributed by atoms with Gasteiger partial charge in [-0.15, -0.1) is 0 Å². The molecule has 0 saturated carbocycles. The second kappa shape index (κ2) is 5.31. The van der Waals surface area contributed by atoms with Crippen LogP contribution in [0.15, 0.2) is 40.5 Å². The summed E-state index contributed by atoms with van der Waals surface area (Å²) >= 11 is 0. The van der Waals surface area contributed by atoms with Crippen LogP contribution in [0.4, 0.5) is 0 Å². The molecule has 0 spiro atoms. The molecule has 0 aliphatic heterocycles. The van der Waals surface area contributed by atoms with Crippen molar-refractivity contribution in [3.05, 3.63) is 41.1 Å². The Morgan fingerprint density at radius 2 is 2.18 bits per heavy atom. The van der Waals surface area contributed by atoms with E-state index in [-0.39, 0.29) is 0 Å². The highest BCUT2D eigenvalue weighted by Gasteiger charge is 2.12. The van der Waals surface area contributed by atoms with Crippen molar-refractivity contribution in [3.63, 3.8) is 0 Å². The maximum atomic E-state index is 8.93. The van der Waals surface area contributed by atoms with E-state index in [2.05, 4.69) is 11.1 Å². The van der Waals surface area contributed by atoms with Gasteiger partial charge in [0.05, 0.1) is 24.4 Å². The molecule has 0 unspecified atom stereocenters. The SMILES string of the molecule is COc1ccccc1C=NC1=C(C#N)CCC1. The van der Waals surface area contributed by atoms with Gasteiger partial charge in [0.25, 0.3) is 0 Å². The van der Waals surface area contributed by atoms with Crippen LogP contribution < -0.4 is 4.74 Å². The van der Waals surface area contributed by atoms with Crippen molar-refractivity contribution in [1.29, 1.82) is 5.26 Å². The fourth-order valence-corrected chi connectivity index (χ4v) is 1.91. The minimum Gasteiger partial charge on any atom is -0.496 e. The zero-order valence-corrected chi connectivity index (χ0v) is 9.81. The Morgan fingerprint density at radius 3 is 2.94 bits per heavy atom. The second-order valence-electron chi connectivity index (χ2n) is 3.89. The highest BCUT2D eigenvalue weighted by atomic mass is 16.5. The van der Waals surface area contributed by atoms with Crippen LogP contribution in [-0.2, 0) is 0 Å². The van der Waals surface area contributed by atoms with Crippen molar-refractivity contribution in [2.75, 3.05) is 7.11 Å². The number of para-hydroxylation sites is 1. The topological polar surface area (TPSA) is 45.4 Å². The lowest BCUT2D eigenvalue weighted by Gasteiger charge is -2.03. The van der Waals surface area contributed by atoms with Crippen molar-refractivity contribution in [2.24, 2.45) is 4.99 Å². The summed E-state index contributed by atoms with van der Waals surface area (Å²) < 4.78 is 5.24. The standard InChI is InChI=1S/C14H14N2O/c1-17-14-8-3-2-5-12(14)10-16-13-7-4-6-11(13)9-15/h2-3,5,8,10H,4,6-7H2,1H3. The number of benzene rings is 1. The predicted molar refractivity (Wildman–Crippen MR) is 67.1 cm³/mol. The van der Waals surface area contributed by atoms with Gasteiger partial charge in [0, 0.05) is 11.8 Å². The van der Waals surface area contributed by atoms with E-state index in [1.807, 2.05) is 24.3 Å². The Hall–Kier alpha value is -2.08. The third kappa shape index (κ3) is 2.54. The third-order valence-corrected chi connectivity index (χ3v) is 2.82. The quantitative estimate of drug-likeness (QED) is 0.743. The summed E-state index contributed by atoms with van der Waals surface area (Å²) in [7, 11) is 1.64. The van der Waals surface area contributed by atoms with Crippen LogP contribution in [0.2, 0.25) is 0 Å². The first-order chi connectivity index (χ1) is 8.35. The number of hydrogen-bond donors (Lipinski definition) is 0. The van der Waals surface area contributed by atoms with E-state index >= 15 is 0 Å². The van der Waals surface area contributed by atoms with E-state index in [4.69, 9.17) is 10.00 Å². The third-order valence-electron chi connectivity index (χ3n) is 2.82. The Bertz CT molecular complexity index is 509. The van der Waals surface area contributed by atoms with Gasteiger partial charge in [-0.25, -0.2) is 0 Å². The molecule has 0 atom stereocenters. The maximum absolute atomic E-state index is 8.93. The fraction of sp³-hybridized carbons (Fsp3) is 0.286. The molecule has 3 nitrogen and oxygen atoms in total. The molecule has 3 heteroatoms. The molecule has 0 bridgehead atoms. The lowest BCUT2D eigenvalue weighted by Crippen LogP contribution is -1.90. The molecule has 0 heterocycles. The van der Waals surface area contributed by atoms with Crippen LogP contribution in [-0.4, -0.2) is 13.3 Å². The Kier molecular flexibility index (Phi) is 3.56. The lowest BCUT2D eigenvalue weighted by molar-refractivity contribution is 0.414. The van der Waals surface area contributed by atoms with Gasteiger partial charge >= 0.3 is 0 Å². The average Bonchev–Trinajstić information content (AvgIpc) is 2.84. The molecule has 86 valence electrons. The van der Waals surface area contributed by atoms with E-state index in [0.29, 0.717) is 0 Å². The van der Waals surface area contributed by atoms with E-state index < -0.39 is 0 Å². The number of rotatable bonds is 3. The molecule has 0 aromatic heterocycles. The monoisotopic (exact) mass is 226 g/mol. The number of nitriles is 1. The molecule has 0 radical (unpaired) electrons. The zero-order chi connectivity index (χ0) is 12.1. The molecule has 17 heavy (non-hydrogen) atoms. The van der Waals surface area contributed by atoms with Crippen molar-refractivity contribution < 1.29 is 4.74 Å². The molecule has 2 rings (SSSR count). The van der Waals surface area contributed by atoms with E-state index in [1.165, 1.54) is 0 Å². The molecule has 0 N–H and O–H groups in total. The smallest absolute Gasteiger partial charge is 0.127 e. The number of allylic oxidation sites excluding steroid dienone is 2. The van der Waals surface area contributed by atoms with Crippen LogP contribution in [0.1, 0.15) is 24.8 Å². The summed E-state index contributed by atoms with van der Waals surface area (Å²) in [6, 6.07) is 9.93. The number of aliphatic imine (C=N–C) groups is 1. The Labute approximate surface area is 101 Å². The summed E-state index contributed by atoms with van der Waals surface area (Å²) in [5, 5.41) is 8.93. The van der Waals surface area contributed by atoms with E-state index in [1.54, 1.807) is 13.3 Å². The summed E-state index contributed by atoms with van der Waals surface area (Å²) in [5.74, 6) is 0.799. The zero-order valence-electron chi connectivity index (χ0n) is 9.81. The minimum absolute atomic E-state index is 0.799. The van der Waals surface area contributed by atoms with E-state index in [9.17, 15) is 0 Å². The fourth-order valence-electron chi connectivity index (χ4n) is 1.91. The first-order valence-electron chi connectivity index (χ1n) is 5.64. The Balaban J connectivity index is 2.24. The maximum Gasteiger partial charge on any atom is 0.127 e. The molecule has 1 aliphatic carbocycles. The van der Waals surface area contributed by atoms with Crippen LogP contribution in [0.25, 0.3) is 0 Å². The van der Waals surface area contributed by atoms with Gasteiger partial charge in [0.2, 0.25) is 0 Å². The van der Waals surface area contributed by atoms with Crippen molar-refractivity contribution >= 4 is 6.21 Å². The first kappa shape index (κ1) is 11.4. The molecular weight excluding hydrogens is 212 g/mol. The number of hydrogen-bond acceptors (Lipinski definition) is 3. The van der Waals surface area contributed by atoms with Gasteiger partial charge < -0.3 is 4.74 Å². The molecule has 1 aliphatic rings. The van der Waals surface area contributed by atoms with Gasteiger partial charge in [-0.2, -0.15) is 5.26 Å². The Morgan fingerprint density at radius 1 is 1.35 bits per heavy atom. The molecule has 0 saturated heterocycles. The largest absolute Gasteiger partial charge is 0.496 e. The molecule has 1 aromatic carbocycles. The van der Waals surface area contributed by atoms with Gasteiger partial charge in [-0.3, -0.25) is 4.99 Å². The summed E-state index contributed by atoms with van der Waals surface area (Å²) in [4.78, 5) is 4.41. The van der Waals surface area contributed by atoms with E-state index in [0.717, 1.165) is 41.8 Å². The van der Waals surface area contributed by atoms with Gasteiger partial charge in [0.1, 0.15) is 5.75 Å². The highest BCUT2D eigenvalue weighted by molar-refractivity contribution is 5.84. The van der Waals surface area contributed by atoms with Crippen molar-refractivity contribution in [2.45, 2.75) is 19.3 Å². The summed E-state index contributed by atoms with van der Waals surface area (Å²) in [6.45, 7) is 0.